The van der Waals surface area contributed by atoms with E-state index in [1.807, 2.05) is 38.4 Å². The lowest BCUT2D eigenvalue weighted by Crippen LogP contribution is -2.49. The zero-order valence-corrected chi connectivity index (χ0v) is 20.5. The summed E-state index contributed by atoms with van der Waals surface area (Å²) in [5.74, 6) is 1.69. The number of fused-ring (bicyclic) bond motifs is 1. The number of nitrogens with one attached hydrogen (secondary N) is 1. The molecule has 1 aromatic heterocycles. The van der Waals surface area contributed by atoms with E-state index in [4.69, 9.17) is 32.9 Å². The van der Waals surface area contributed by atoms with Crippen LogP contribution in [0.1, 0.15) is 24.0 Å². The molecule has 0 radical (unpaired) electrons. The molecule has 1 spiro atoms. The number of hydrogen-bond donors (Lipinski definition) is 1. The van der Waals surface area contributed by atoms with Gasteiger partial charge in [-0.15, -0.1) is 0 Å². The normalized spacial score (nSPS) is 19.2. The molecule has 0 saturated carbocycles. The van der Waals surface area contributed by atoms with Crippen LogP contribution < -0.4 is 10.1 Å². The third-order valence-electron chi connectivity index (χ3n) is 6.38. The van der Waals surface area contributed by atoms with Crippen molar-refractivity contribution in [3.05, 3.63) is 51.6 Å². The predicted molar refractivity (Wildman–Crippen MR) is 132 cm³/mol. The molecule has 4 rings (SSSR count). The van der Waals surface area contributed by atoms with E-state index in [9.17, 15) is 0 Å². The molecule has 1 aromatic carbocycles. The van der Waals surface area contributed by atoms with Gasteiger partial charge < -0.3 is 19.9 Å². The minimum atomic E-state index is -0.00522. The van der Waals surface area contributed by atoms with E-state index < -0.39 is 0 Å². The lowest BCUT2D eigenvalue weighted by atomic mass is 9.70. The molecule has 0 amide bonds. The molecule has 0 bridgehead atoms. The fourth-order valence-corrected chi connectivity index (χ4v) is 4.71. The number of rotatable bonds is 6. The molecule has 0 aliphatic carbocycles. The number of ether oxygens (including phenoxy) is 1. The minimum absolute atomic E-state index is 0.00522. The van der Waals surface area contributed by atoms with E-state index in [0.29, 0.717) is 29.1 Å². The number of pyridine rings is 1. The molecule has 8 heteroatoms. The van der Waals surface area contributed by atoms with Crippen LogP contribution in [0.4, 0.5) is 5.69 Å². The van der Waals surface area contributed by atoms with Crippen molar-refractivity contribution in [2.75, 3.05) is 52.7 Å². The van der Waals surface area contributed by atoms with Gasteiger partial charge in [0.05, 0.1) is 16.6 Å². The van der Waals surface area contributed by atoms with Gasteiger partial charge in [0.25, 0.3) is 0 Å². The van der Waals surface area contributed by atoms with Crippen molar-refractivity contribution in [3.8, 4) is 5.88 Å². The van der Waals surface area contributed by atoms with E-state index >= 15 is 0 Å². The summed E-state index contributed by atoms with van der Waals surface area (Å²) in [4.78, 5) is 13.9. The predicted octanol–water partition coefficient (Wildman–Crippen LogP) is 4.61. The number of benzene rings is 1. The first-order valence-corrected chi connectivity index (χ1v) is 11.8. The van der Waals surface area contributed by atoms with E-state index in [-0.39, 0.29) is 5.41 Å². The van der Waals surface area contributed by atoms with Gasteiger partial charge in [-0.1, -0.05) is 23.2 Å². The Hall–Kier alpha value is -1.86. The Labute approximate surface area is 200 Å². The maximum atomic E-state index is 6.32. The van der Waals surface area contributed by atoms with Crippen LogP contribution in [0.5, 0.6) is 5.88 Å². The smallest absolute Gasteiger partial charge is 0.213 e. The van der Waals surface area contributed by atoms with Gasteiger partial charge in [0.2, 0.25) is 5.88 Å². The summed E-state index contributed by atoms with van der Waals surface area (Å²) in [6.07, 6.45) is 4.83. The monoisotopic (exact) mass is 475 g/mol. The van der Waals surface area contributed by atoms with Gasteiger partial charge in [0.15, 0.2) is 0 Å². The molecule has 172 valence electrons. The first kappa shape index (κ1) is 23.3. The Morgan fingerprint density at radius 3 is 2.69 bits per heavy atom. The number of amidine groups is 1. The summed E-state index contributed by atoms with van der Waals surface area (Å²) in [5.41, 5.74) is 3.29. The molecule has 0 unspecified atom stereocenters. The molecule has 2 aliphatic heterocycles. The zero-order valence-electron chi connectivity index (χ0n) is 19.0. The number of nitrogens with zero attached hydrogens (tertiary/aromatic N) is 4. The van der Waals surface area contributed by atoms with Gasteiger partial charge in [-0.2, -0.15) is 0 Å². The van der Waals surface area contributed by atoms with Crippen molar-refractivity contribution < 1.29 is 4.74 Å². The average molecular weight is 476 g/mol. The number of hydrogen-bond acceptors (Lipinski definition) is 5. The van der Waals surface area contributed by atoms with Crippen LogP contribution in [0.2, 0.25) is 10.0 Å². The number of aliphatic imine (C=N–C) groups is 1. The second kappa shape index (κ2) is 9.96. The highest BCUT2D eigenvalue weighted by molar-refractivity contribution is 6.42. The lowest BCUT2D eigenvalue weighted by Gasteiger charge is -2.45. The minimum Gasteiger partial charge on any atom is -0.476 e. The van der Waals surface area contributed by atoms with Gasteiger partial charge in [0, 0.05) is 29.9 Å². The fraction of sp³-hybridized carbons (Fsp3) is 0.500. The molecule has 1 fully saturated rings. The summed E-state index contributed by atoms with van der Waals surface area (Å²) < 4.78 is 5.79. The van der Waals surface area contributed by atoms with Crippen molar-refractivity contribution in [3.63, 3.8) is 0 Å². The van der Waals surface area contributed by atoms with Gasteiger partial charge in [-0.25, -0.2) is 4.98 Å². The second-order valence-electron chi connectivity index (χ2n) is 9.13. The Morgan fingerprint density at radius 2 is 1.94 bits per heavy atom. The largest absolute Gasteiger partial charge is 0.476 e. The Balaban J connectivity index is 1.56. The van der Waals surface area contributed by atoms with Gasteiger partial charge >= 0.3 is 0 Å². The van der Waals surface area contributed by atoms with Crippen molar-refractivity contribution in [2.45, 2.75) is 25.8 Å². The number of likely N-dealkylation sites (N-methyl/N-ethyl adjacent to an activating group) is 1. The first-order chi connectivity index (χ1) is 15.3. The molecule has 0 atom stereocenters. The topological polar surface area (TPSA) is 53.0 Å². The van der Waals surface area contributed by atoms with Crippen LogP contribution in [0, 0.1) is 5.41 Å². The van der Waals surface area contributed by atoms with E-state index in [2.05, 4.69) is 27.1 Å². The van der Waals surface area contributed by atoms with E-state index in [1.54, 1.807) is 6.20 Å². The average Bonchev–Trinajstić information content (AvgIpc) is 2.76. The van der Waals surface area contributed by atoms with Gasteiger partial charge in [0.1, 0.15) is 12.4 Å². The fourth-order valence-electron chi connectivity index (χ4n) is 4.36. The van der Waals surface area contributed by atoms with Crippen LogP contribution in [-0.4, -0.2) is 68.0 Å². The van der Waals surface area contributed by atoms with Crippen LogP contribution in [-0.2, 0) is 13.0 Å². The highest BCUT2D eigenvalue weighted by Crippen LogP contribution is 2.44. The Morgan fingerprint density at radius 1 is 1.19 bits per heavy atom. The highest BCUT2D eigenvalue weighted by atomic mass is 35.5. The number of aromatic nitrogens is 1. The molecule has 32 heavy (non-hydrogen) atoms. The third kappa shape index (κ3) is 5.37. The molecule has 2 aromatic rings. The highest BCUT2D eigenvalue weighted by Gasteiger charge is 2.42. The summed E-state index contributed by atoms with van der Waals surface area (Å²) in [5, 5.41) is 4.77. The maximum absolute atomic E-state index is 6.32. The second-order valence-corrected chi connectivity index (χ2v) is 9.94. The Kier molecular flexibility index (Phi) is 7.25. The molecule has 6 nitrogen and oxygen atoms in total. The molecular formula is C24H31Cl2N5O. The zero-order chi connectivity index (χ0) is 22.7. The van der Waals surface area contributed by atoms with Crippen LogP contribution in [0.25, 0.3) is 0 Å². The standard InChI is InChI=1S/C24H31Cl2N5O/c1-30(2)10-11-32-22-12-17(4-7-27-22)16-28-23-24(5-8-31(3)9-6-24)15-18-13-19(25)20(26)14-21(18)29-23/h4,7,12-14H,5-6,8-11,15-16H2,1-3H3,(H,28,29). The van der Waals surface area contributed by atoms with Gasteiger partial charge in [-0.05, 0) is 82.8 Å². The Bertz CT molecular complexity index is 986. The summed E-state index contributed by atoms with van der Waals surface area (Å²) >= 11 is 12.6. The SMILES string of the molecule is CN(C)CCOc1cc(CN=C2Nc3cc(Cl)c(Cl)cc3CC23CCN(C)CC3)ccn1. The van der Waals surface area contributed by atoms with Crippen LogP contribution in [0.3, 0.4) is 0 Å². The molecule has 3 heterocycles. The first-order valence-electron chi connectivity index (χ1n) is 11.1. The molecule has 1 N–H and O–H groups in total. The summed E-state index contributed by atoms with van der Waals surface area (Å²) in [7, 11) is 6.23. The maximum Gasteiger partial charge on any atom is 0.213 e. The van der Waals surface area contributed by atoms with Crippen molar-refractivity contribution >= 4 is 34.7 Å². The van der Waals surface area contributed by atoms with Gasteiger partial charge in [-0.3, -0.25) is 4.99 Å². The molecule has 2 aliphatic rings. The van der Waals surface area contributed by atoms with Crippen LogP contribution in [0.15, 0.2) is 35.5 Å². The van der Waals surface area contributed by atoms with Crippen molar-refractivity contribution in [1.29, 1.82) is 0 Å². The summed E-state index contributed by atoms with van der Waals surface area (Å²) in [6.45, 7) is 4.13. The third-order valence-corrected chi connectivity index (χ3v) is 7.10. The quantitative estimate of drug-likeness (QED) is 0.660. The number of halogens is 2. The van der Waals surface area contributed by atoms with E-state index in [1.165, 1.54) is 5.56 Å². The van der Waals surface area contributed by atoms with Crippen LogP contribution >= 0.6 is 23.2 Å². The molecular weight excluding hydrogens is 445 g/mol. The number of likely N-dealkylation sites (tertiary alicyclic amines) is 1. The van der Waals surface area contributed by atoms with Crippen molar-refractivity contribution in [2.24, 2.45) is 10.4 Å². The van der Waals surface area contributed by atoms with E-state index in [0.717, 1.165) is 56.0 Å². The number of piperidine rings is 1. The summed E-state index contributed by atoms with van der Waals surface area (Å²) in [6, 6.07) is 7.90. The van der Waals surface area contributed by atoms with Crippen molar-refractivity contribution in [1.82, 2.24) is 14.8 Å². The number of anilines is 1. The molecule has 1 saturated heterocycles. The lowest BCUT2D eigenvalue weighted by molar-refractivity contribution is 0.178.